The zero-order valence-corrected chi connectivity index (χ0v) is 13.8. The zero-order chi connectivity index (χ0) is 17.9. The summed E-state index contributed by atoms with van der Waals surface area (Å²) in [6.45, 7) is 0. The second-order valence-electron chi connectivity index (χ2n) is 5.91. The van der Waals surface area contributed by atoms with Gasteiger partial charge in [0.15, 0.2) is 0 Å². The third kappa shape index (κ3) is 3.12. The lowest BCUT2D eigenvalue weighted by Crippen LogP contribution is -2.42. The number of pyridine rings is 1. The summed E-state index contributed by atoms with van der Waals surface area (Å²) in [5.41, 5.74) is 6.67. The van der Waals surface area contributed by atoms with Crippen molar-refractivity contribution in [3.05, 3.63) is 84.3 Å². The monoisotopic (exact) mass is 344 g/mol. The topological polar surface area (TPSA) is 75.5 Å². The molecular weight excluding hydrogens is 328 g/mol. The van der Waals surface area contributed by atoms with Gasteiger partial charge >= 0.3 is 0 Å². The molecule has 6 heteroatoms. The predicted molar refractivity (Wildman–Crippen MR) is 98.5 cm³/mol. The number of hydrogen-bond acceptors (Lipinski definition) is 3. The maximum absolute atomic E-state index is 12.2. The van der Waals surface area contributed by atoms with Crippen molar-refractivity contribution in [2.24, 2.45) is 0 Å². The molecule has 0 aliphatic carbocycles. The first-order valence-corrected chi connectivity index (χ1v) is 8.20. The van der Waals surface area contributed by atoms with Crippen LogP contribution in [0.15, 0.2) is 73.1 Å². The van der Waals surface area contributed by atoms with Crippen molar-refractivity contribution in [3.63, 3.8) is 0 Å². The molecule has 0 radical (unpaired) electrons. The van der Waals surface area contributed by atoms with Gasteiger partial charge in [-0.3, -0.25) is 20.4 Å². The van der Waals surface area contributed by atoms with E-state index in [0.717, 1.165) is 16.3 Å². The normalized spacial score (nSPS) is 10.8. The lowest BCUT2D eigenvalue weighted by molar-refractivity contribution is -0.121. The molecule has 2 N–H and O–H groups in total. The summed E-state index contributed by atoms with van der Waals surface area (Å²) in [6.07, 6.45) is 3.59. The Kier molecular flexibility index (Phi) is 4.07. The number of fused-ring (bicyclic) bond motifs is 2. The van der Waals surface area contributed by atoms with Crippen molar-refractivity contribution in [1.29, 1.82) is 0 Å². The van der Waals surface area contributed by atoms with E-state index in [1.807, 2.05) is 54.6 Å². The van der Waals surface area contributed by atoms with E-state index >= 15 is 0 Å². The molecular formula is C20H16N4O2. The molecule has 26 heavy (non-hydrogen) atoms. The van der Waals surface area contributed by atoms with Gasteiger partial charge in [-0.1, -0.05) is 48.5 Å². The van der Waals surface area contributed by atoms with Crippen molar-refractivity contribution in [3.8, 4) is 0 Å². The first-order valence-electron chi connectivity index (χ1n) is 8.20. The summed E-state index contributed by atoms with van der Waals surface area (Å²) in [4.78, 5) is 28.6. The second kappa shape index (κ2) is 6.68. The Morgan fingerprint density at radius 2 is 1.73 bits per heavy atom. The number of amides is 2. The number of rotatable bonds is 3. The van der Waals surface area contributed by atoms with Gasteiger partial charge in [-0.25, -0.2) is 4.98 Å². The smallest absolute Gasteiger partial charge is 0.289 e. The highest BCUT2D eigenvalue weighted by Crippen LogP contribution is 2.18. The van der Waals surface area contributed by atoms with Crippen molar-refractivity contribution < 1.29 is 9.59 Å². The van der Waals surface area contributed by atoms with Gasteiger partial charge in [0.2, 0.25) is 5.91 Å². The van der Waals surface area contributed by atoms with Crippen LogP contribution < -0.4 is 10.9 Å². The number of imidazole rings is 1. The van der Waals surface area contributed by atoms with Gasteiger partial charge in [0.1, 0.15) is 11.3 Å². The highest BCUT2D eigenvalue weighted by Gasteiger charge is 2.12. The molecule has 2 aromatic carbocycles. The second-order valence-corrected chi connectivity index (χ2v) is 5.91. The molecule has 0 spiro atoms. The van der Waals surface area contributed by atoms with Crippen LogP contribution in [-0.2, 0) is 11.2 Å². The third-order valence-electron chi connectivity index (χ3n) is 4.14. The van der Waals surface area contributed by atoms with Crippen LogP contribution in [0.3, 0.4) is 0 Å². The Morgan fingerprint density at radius 3 is 2.62 bits per heavy atom. The van der Waals surface area contributed by atoms with E-state index in [2.05, 4.69) is 15.8 Å². The lowest BCUT2D eigenvalue weighted by Gasteiger charge is -2.08. The molecule has 0 bridgehead atoms. The van der Waals surface area contributed by atoms with E-state index in [4.69, 9.17) is 0 Å². The Balaban J connectivity index is 1.42. The highest BCUT2D eigenvalue weighted by molar-refractivity contribution is 5.95. The number of hydrogen-bond donors (Lipinski definition) is 2. The maximum Gasteiger partial charge on any atom is 0.289 e. The number of carbonyl (C=O) groups is 2. The Morgan fingerprint density at radius 1 is 0.923 bits per heavy atom. The zero-order valence-electron chi connectivity index (χ0n) is 13.8. The van der Waals surface area contributed by atoms with Gasteiger partial charge in [0.05, 0.1) is 6.42 Å². The summed E-state index contributed by atoms with van der Waals surface area (Å²) in [7, 11) is 0. The van der Waals surface area contributed by atoms with Crippen molar-refractivity contribution in [1.82, 2.24) is 20.2 Å². The molecule has 2 aromatic heterocycles. The molecule has 0 fully saturated rings. The van der Waals surface area contributed by atoms with Crippen molar-refractivity contribution >= 4 is 28.2 Å². The fraction of sp³-hybridized carbons (Fsp3) is 0.0500. The minimum Gasteiger partial charge on any atom is -0.306 e. The fourth-order valence-corrected chi connectivity index (χ4v) is 2.90. The van der Waals surface area contributed by atoms with Gasteiger partial charge in [-0.2, -0.15) is 0 Å². The van der Waals surface area contributed by atoms with Crippen LogP contribution in [0.1, 0.15) is 16.1 Å². The molecule has 0 atom stereocenters. The fourth-order valence-electron chi connectivity index (χ4n) is 2.90. The average Bonchev–Trinajstić information content (AvgIpc) is 3.11. The number of nitrogens with zero attached hydrogens (tertiary/aromatic N) is 2. The molecule has 2 amide bonds. The number of hydrazine groups is 1. The summed E-state index contributed by atoms with van der Waals surface area (Å²) < 4.78 is 1.74. The van der Waals surface area contributed by atoms with Gasteiger partial charge in [0.25, 0.3) is 5.91 Å². The number of carbonyl (C=O) groups excluding carboxylic acids is 2. The number of aromatic nitrogens is 2. The van der Waals surface area contributed by atoms with Crippen molar-refractivity contribution in [2.75, 3.05) is 0 Å². The molecule has 2 heterocycles. The SMILES string of the molecule is O=C(Cc1cccc2ccccc12)NNC(=O)c1cn2ccccc2n1. The lowest BCUT2D eigenvalue weighted by atomic mass is 10.0. The van der Waals surface area contributed by atoms with E-state index in [-0.39, 0.29) is 18.0 Å². The van der Waals surface area contributed by atoms with Crippen LogP contribution in [0.4, 0.5) is 0 Å². The molecule has 4 aromatic rings. The largest absolute Gasteiger partial charge is 0.306 e. The summed E-state index contributed by atoms with van der Waals surface area (Å²) in [5.74, 6) is -0.751. The molecule has 0 saturated carbocycles. The Hall–Kier alpha value is -3.67. The number of benzene rings is 2. The van der Waals surface area contributed by atoms with Crippen LogP contribution in [-0.4, -0.2) is 21.2 Å². The molecule has 0 saturated heterocycles. The standard InChI is InChI=1S/C20H16N4O2/c25-19(12-15-8-5-7-14-6-1-2-9-16(14)15)22-23-20(26)17-13-24-11-4-3-10-18(24)21-17/h1-11,13H,12H2,(H,22,25)(H,23,26). The quantitative estimate of drug-likeness (QED) is 0.561. The van der Waals surface area contributed by atoms with Gasteiger partial charge < -0.3 is 4.40 Å². The van der Waals surface area contributed by atoms with Crippen LogP contribution in [0.2, 0.25) is 0 Å². The van der Waals surface area contributed by atoms with Crippen LogP contribution in [0.25, 0.3) is 16.4 Å². The number of nitrogens with one attached hydrogen (secondary N) is 2. The molecule has 0 aliphatic heterocycles. The molecule has 0 unspecified atom stereocenters. The highest BCUT2D eigenvalue weighted by atomic mass is 16.2. The van der Waals surface area contributed by atoms with Crippen LogP contribution in [0.5, 0.6) is 0 Å². The molecule has 6 nitrogen and oxygen atoms in total. The minimum atomic E-state index is -0.458. The summed E-state index contributed by atoms with van der Waals surface area (Å²) >= 11 is 0. The molecule has 4 rings (SSSR count). The van der Waals surface area contributed by atoms with Crippen molar-refractivity contribution in [2.45, 2.75) is 6.42 Å². The van der Waals surface area contributed by atoms with E-state index in [0.29, 0.717) is 5.65 Å². The van der Waals surface area contributed by atoms with E-state index < -0.39 is 5.91 Å². The predicted octanol–water partition coefficient (Wildman–Crippen LogP) is 2.49. The van der Waals surface area contributed by atoms with E-state index in [1.165, 1.54) is 0 Å². The summed E-state index contributed by atoms with van der Waals surface area (Å²) in [5, 5.41) is 2.10. The average molecular weight is 344 g/mol. The first-order chi connectivity index (χ1) is 12.7. The Labute approximate surface area is 149 Å². The van der Waals surface area contributed by atoms with E-state index in [9.17, 15) is 9.59 Å². The minimum absolute atomic E-state index is 0.173. The third-order valence-corrected chi connectivity index (χ3v) is 4.14. The van der Waals surface area contributed by atoms with Gasteiger partial charge in [0, 0.05) is 12.4 Å². The maximum atomic E-state index is 12.2. The first kappa shape index (κ1) is 15.8. The van der Waals surface area contributed by atoms with Gasteiger partial charge in [-0.15, -0.1) is 0 Å². The van der Waals surface area contributed by atoms with E-state index in [1.54, 1.807) is 22.9 Å². The molecule has 0 aliphatic rings. The van der Waals surface area contributed by atoms with Crippen LogP contribution >= 0.6 is 0 Å². The Bertz CT molecular complexity index is 1080. The summed E-state index contributed by atoms with van der Waals surface area (Å²) in [6, 6.07) is 19.2. The molecule has 128 valence electrons. The van der Waals surface area contributed by atoms with Crippen LogP contribution in [0, 0.1) is 0 Å². The van der Waals surface area contributed by atoms with Gasteiger partial charge in [-0.05, 0) is 28.5 Å².